The predicted molar refractivity (Wildman–Crippen MR) is 111 cm³/mol. The van der Waals surface area contributed by atoms with E-state index in [2.05, 4.69) is 15.5 Å². The Hall–Kier alpha value is -3.40. The fourth-order valence-corrected chi connectivity index (χ4v) is 3.81. The van der Waals surface area contributed by atoms with Gasteiger partial charge in [-0.25, -0.2) is 0 Å². The second-order valence-corrected chi connectivity index (χ2v) is 7.85. The summed E-state index contributed by atoms with van der Waals surface area (Å²) in [7, 11) is 0. The van der Waals surface area contributed by atoms with Gasteiger partial charge in [-0.1, -0.05) is 17.8 Å². The summed E-state index contributed by atoms with van der Waals surface area (Å²) in [6.45, 7) is 3.18. The third-order valence-electron chi connectivity index (χ3n) is 4.80. The highest BCUT2D eigenvalue weighted by atomic mass is 32.2. The zero-order chi connectivity index (χ0) is 21.2. The van der Waals surface area contributed by atoms with Crippen molar-refractivity contribution in [3.8, 4) is 34.5 Å². The van der Waals surface area contributed by atoms with Crippen LogP contribution in [0.25, 0.3) is 11.5 Å². The zero-order valence-corrected chi connectivity index (χ0v) is 17.4. The molecule has 1 N–H and O–H groups in total. The molecule has 1 atom stereocenters. The van der Waals surface area contributed by atoms with Crippen LogP contribution in [0.4, 0.5) is 0 Å². The number of aromatic nitrogens is 2. The molecule has 0 bridgehead atoms. The van der Waals surface area contributed by atoms with Gasteiger partial charge < -0.3 is 28.7 Å². The van der Waals surface area contributed by atoms with E-state index in [1.54, 1.807) is 12.1 Å². The number of benzene rings is 2. The first-order valence-corrected chi connectivity index (χ1v) is 10.7. The van der Waals surface area contributed by atoms with Crippen LogP contribution in [0.1, 0.15) is 18.5 Å². The Morgan fingerprint density at radius 1 is 1.00 bits per heavy atom. The van der Waals surface area contributed by atoms with Crippen LogP contribution >= 0.6 is 11.8 Å². The lowest BCUT2D eigenvalue weighted by Crippen LogP contribution is -2.28. The number of carbonyl (C=O) groups excluding carboxylic acids is 1. The van der Waals surface area contributed by atoms with E-state index in [1.807, 2.05) is 31.2 Å². The molecular formula is C21H19N3O6S. The molecule has 2 aliphatic heterocycles. The van der Waals surface area contributed by atoms with Gasteiger partial charge in [-0.3, -0.25) is 4.79 Å². The lowest BCUT2D eigenvalue weighted by Gasteiger charge is -2.21. The van der Waals surface area contributed by atoms with Crippen LogP contribution in [0.5, 0.6) is 23.0 Å². The van der Waals surface area contributed by atoms with Crippen LogP contribution in [0.3, 0.4) is 0 Å². The van der Waals surface area contributed by atoms with Crippen molar-refractivity contribution in [3.63, 3.8) is 0 Å². The number of ether oxygens (including phenoxy) is 4. The van der Waals surface area contributed by atoms with Gasteiger partial charge in [-0.15, -0.1) is 10.2 Å². The van der Waals surface area contributed by atoms with Crippen molar-refractivity contribution < 1.29 is 28.2 Å². The number of rotatable bonds is 6. The molecule has 10 heteroatoms. The van der Waals surface area contributed by atoms with Crippen LogP contribution in [0, 0.1) is 0 Å². The van der Waals surface area contributed by atoms with Crippen molar-refractivity contribution in [2.24, 2.45) is 0 Å². The Labute approximate surface area is 182 Å². The maximum Gasteiger partial charge on any atom is 0.277 e. The SMILES string of the molecule is CC(NC(=O)CSc1nnc(-c2ccc3c(c2)OCO3)o1)c1ccc2c(c1)OCCO2. The van der Waals surface area contributed by atoms with Gasteiger partial charge in [-0.2, -0.15) is 0 Å². The van der Waals surface area contributed by atoms with Gasteiger partial charge >= 0.3 is 0 Å². The first kappa shape index (κ1) is 19.6. The van der Waals surface area contributed by atoms with Crippen molar-refractivity contribution in [1.82, 2.24) is 15.5 Å². The van der Waals surface area contributed by atoms with Crippen molar-refractivity contribution in [2.45, 2.75) is 18.2 Å². The van der Waals surface area contributed by atoms with Crippen molar-refractivity contribution >= 4 is 17.7 Å². The van der Waals surface area contributed by atoms with Gasteiger partial charge in [0, 0.05) is 5.56 Å². The molecule has 160 valence electrons. The third kappa shape index (κ3) is 4.24. The maximum absolute atomic E-state index is 12.4. The van der Waals surface area contributed by atoms with Crippen LogP contribution in [0.15, 0.2) is 46.0 Å². The van der Waals surface area contributed by atoms with Crippen LogP contribution in [-0.2, 0) is 4.79 Å². The molecule has 3 heterocycles. The highest BCUT2D eigenvalue weighted by molar-refractivity contribution is 7.99. The Morgan fingerprint density at radius 3 is 2.65 bits per heavy atom. The summed E-state index contributed by atoms with van der Waals surface area (Å²) in [5, 5.41) is 11.3. The molecule has 0 spiro atoms. The zero-order valence-electron chi connectivity index (χ0n) is 16.6. The van der Waals surface area contributed by atoms with Crippen LogP contribution < -0.4 is 24.3 Å². The summed E-state index contributed by atoms with van der Waals surface area (Å²) in [5.74, 6) is 3.09. The van der Waals surface area contributed by atoms with E-state index in [0.29, 0.717) is 41.6 Å². The molecule has 3 aromatic rings. The fourth-order valence-electron chi connectivity index (χ4n) is 3.24. The monoisotopic (exact) mass is 441 g/mol. The molecule has 2 aromatic carbocycles. The molecule has 9 nitrogen and oxygen atoms in total. The van der Waals surface area contributed by atoms with Crippen LogP contribution in [0.2, 0.25) is 0 Å². The van der Waals surface area contributed by atoms with Gasteiger partial charge in [0.05, 0.1) is 11.8 Å². The molecule has 1 unspecified atom stereocenters. The topological polar surface area (TPSA) is 105 Å². The Kier molecular flexibility index (Phi) is 5.29. The Morgan fingerprint density at radius 2 is 1.74 bits per heavy atom. The van der Waals surface area contributed by atoms with E-state index in [-0.39, 0.29) is 24.5 Å². The molecule has 0 aliphatic carbocycles. The fraction of sp³-hybridized carbons (Fsp3) is 0.286. The summed E-state index contributed by atoms with van der Waals surface area (Å²) in [6.07, 6.45) is 0. The Bertz CT molecular complexity index is 1120. The second-order valence-electron chi connectivity index (χ2n) is 6.92. The summed E-state index contributed by atoms with van der Waals surface area (Å²) < 4.78 is 27.5. The molecule has 0 radical (unpaired) electrons. The van der Waals surface area contributed by atoms with Gasteiger partial charge in [0.25, 0.3) is 5.22 Å². The van der Waals surface area contributed by atoms with Gasteiger partial charge in [0.1, 0.15) is 13.2 Å². The van der Waals surface area contributed by atoms with Crippen molar-refractivity contribution in [1.29, 1.82) is 0 Å². The minimum Gasteiger partial charge on any atom is -0.486 e. The molecule has 0 saturated carbocycles. The molecule has 31 heavy (non-hydrogen) atoms. The number of amides is 1. The highest BCUT2D eigenvalue weighted by Crippen LogP contribution is 2.36. The molecule has 2 aliphatic rings. The molecule has 5 rings (SSSR count). The highest BCUT2D eigenvalue weighted by Gasteiger charge is 2.19. The minimum absolute atomic E-state index is 0.143. The standard InChI is InChI=1S/C21H19N3O6S/c1-12(13-2-4-15-17(8-13)27-7-6-26-15)22-19(25)10-31-21-24-23-20(30-21)14-3-5-16-18(9-14)29-11-28-16/h2-5,8-9,12H,6-7,10-11H2,1H3,(H,22,25). The van der Waals surface area contributed by atoms with Gasteiger partial charge in [-0.05, 0) is 42.8 Å². The summed E-state index contributed by atoms with van der Waals surface area (Å²) >= 11 is 1.18. The average molecular weight is 441 g/mol. The van der Waals surface area contributed by atoms with Crippen molar-refractivity contribution in [2.75, 3.05) is 25.8 Å². The van der Waals surface area contributed by atoms with Gasteiger partial charge in [0.15, 0.2) is 23.0 Å². The summed E-state index contributed by atoms with van der Waals surface area (Å²) in [5.41, 5.74) is 1.66. The average Bonchev–Trinajstić information content (AvgIpc) is 3.46. The van der Waals surface area contributed by atoms with E-state index < -0.39 is 0 Å². The molecule has 1 aromatic heterocycles. The molecule has 0 fully saturated rings. The first-order valence-electron chi connectivity index (χ1n) is 9.71. The normalized spacial score (nSPS) is 14.9. The predicted octanol–water partition coefficient (Wildman–Crippen LogP) is 3.21. The van der Waals surface area contributed by atoms with E-state index in [0.717, 1.165) is 16.9 Å². The van der Waals surface area contributed by atoms with Crippen LogP contribution in [-0.4, -0.2) is 41.9 Å². The number of carbonyl (C=O) groups is 1. The second kappa shape index (κ2) is 8.38. The smallest absolute Gasteiger partial charge is 0.277 e. The number of nitrogens with one attached hydrogen (secondary N) is 1. The van der Waals surface area contributed by atoms with E-state index in [4.69, 9.17) is 23.4 Å². The lowest BCUT2D eigenvalue weighted by atomic mass is 10.1. The minimum atomic E-state index is -0.184. The first-order chi connectivity index (χ1) is 15.2. The van der Waals surface area contributed by atoms with E-state index in [9.17, 15) is 4.79 Å². The number of hydrogen-bond acceptors (Lipinski definition) is 9. The number of fused-ring (bicyclic) bond motifs is 2. The Balaban J connectivity index is 1.17. The molecule has 1 amide bonds. The molecule has 0 saturated heterocycles. The summed E-state index contributed by atoms with van der Waals surface area (Å²) in [4.78, 5) is 12.4. The van der Waals surface area contributed by atoms with E-state index in [1.165, 1.54) is 11.8 Å². The largest absolute Gasteiger partial charge is 0.486 e. The van der Waals surface area contributed by atoms with Crippen molar-refractivity contribution in [3.05, 3.63) is 42.0 Å². The third-order valence-corrected chi connectivity index (χ3v) is 5.61. The quantitative estimate of drug-likeness (QED) is 0.577. The summed E-state index contributed by atoms with van der Waals surface area (Å²) in [6, 6.07) is 10.9. The number of nitrogens with zero attached hydrogens (tertiary/aromatic N) is 2. The maximum atomic E-state index is 12.4. The van der Waals surface area contributed by atoms with E-state index >= 15 is 0 Å². The lowest BCUT2D eigenvalue weighted by molar-refractivity contribution is -0.119. The number of hydrogen-bond donors (Lipinski definition) is 1. The molecular weight excluding hydrogens is 422 g/mol. The van der Waals surface area contributed by atoms with Gasteiger partial charge in [0.2, 0.25) is 18.6 Å². The number of thioether (sulfide) groups is 1.